The molecule has 0 saturated heterocycles. The molecule has 6 nitrogen and oxygen atoms in total. The van der Waals surface area contributed by atoms with Crippen LogP contribution >= 0.6 is 0 Å². The van der Waals surface area contributed by atoms with Gasteiger partial charge in [-0.05, 0) is 0 Å². The Morgan fingerprint density at radius 2 is 0.900 bits per heavy atom. The molecule has 2 N–H and O–H groups in total. The summed E-state index contributed by atoms with van der Waals surface area (Å²) in [5, 5.41) is 19.0. The summed E-state index contributed by atoms with van der Waals surface area (Å²) in [6, 6.07) is 0. The van der Waals surface area contributed by atoms with Gasteiger partial charge < -0.3 is 29.2 Å². The van der Waals surface area contributed by atoms with Crippen LogP contribution in [0.3, 0.4) is 0 Å². The van der Waals surface area contributed by atoms with Gasteiger partial charge in [-0.3, -0.25) is 0 Å². The maximum atomic E-state index is 13.5. The van der Waals surface area contributed by atoms with Crippen LogP contribution in [0, 0.1) is 10.8 Å². The van der Waals surface area contributed by atoms with Crippen LogP contribution in [0.2, 0.25) is 0 Å². The first-order valence-electron chi connectivity index (χ1n) is 11.7. The number of hydrogen-bond donors (Lipinski definition) is 2. The highest BCUT2D eigenvalue weighted by atomic mass is 19.4. The van der Waals surface area contributed by atoms with Crippen molar-refractivity contribution in [2.24, 2.45) is 10.8 Å². The molecule has 0 spiro atoms. The Hall–Kier alpha value is -1.08. The van der Waals surface area contributed by atoms with Crippen LogP contribution in [0.15, 0.2) is 0 Å². The Labute approximate surface area is 222 Å². The molecule has 0 bridgehead atoms. The van der Waals surface area contributed by atoms with E-state index in [1.54, 1.807) is 0 Å². The monoisotopic (exact) mass is 622 g/mol. The zero-order valence-corrected chi connectivity index (χ0v) is 21.8. The standard InChI is InChI=1S/C22H34F12O6/c1-16(9-35,11-37-4-3-18(23,24)8-21(29,30)31)12-38-5-6-39-13-17(2,10-36)14-40-15-19(25,26)7-20(27,28)22(32,33)34/h35-36H,3-15H2,1-2H3. The minimum Gasteiger partial charge on any atom is -0.396 e. The molecule has 0 aliphatic heterocycles. The number of aliphatic hydroxyl groups is 2. The van der Waals surface area contributed by atoms with Gasteiger partial charge in [-0.25, -0.2) is 17.6 Å². The van der Waals surface area contributed by atoms with E-state index in [4.69, 9.17) is 14.2 Å². The van der Waals surface area contributed by atoms with E-state index in [1.165, 1.54) is 13.8 Å². The van der Waals surface area contributed by atoms with Gasteiger partial charge in [0.2, 0.25) is 0 Å². The Morgan fingerprint density at radius 1 is 0.500 bits per heavy atom. The van der Waals surface area contributed by atoms with E-state index < -0.39 is 93.2 Å². The fourth-order valence-corrected chi connectivity index (χ4v) is 2.87. The van der Waals surface area contributed by atoms with Crippen molar-refractivity contribution < 1.29 is 81.8 Å². The fourth-order valence-electron chi connectivity index (χ4n) is 2.87. The normalized spacial score (nSPS) is 17.1. The minimum absolute atomic E-state index is 0.133. The van der Waals surface area contributed by atoms with Crippen LogP contribution in [0.5, 0.6) is 0 Å². The summed E-state index contributed by atoms with van der Waals surface area (Å²) in [5.74, 6) is -14.2. The molecule has 0 heterocycles. The van der Waals surface area contributed by atoms with E-state index in [0.29, 0.717) is 0 Å². The van der Waals surface area contributed by atoms with Gasteiger partial charge in [0, 0.05) is 17.3 Å². The van der Waals surface area contributed by atoms with Crippen molar-refractivity contribution in [1.29, 1.82) is 0 Å². The maximum Gasteiger partial charge on any atom is 0.453 e. The summed E-state index contributed by atoms with van der Waals surface area (Å²) in [6.45, 7) is -2.77. The van der Waals surface area contributed by atoms with Crippen LogP contribution in [-0.4, -0.2) is 106 Å². The Morgan fingerprint density at radius 3 is 1.27 bits per heavy atom. The van der Waals surface area contributed by atoms with Gasteiger partial charge in [-0.2, -0.15) is 35.1 Å². The zero-order valence-electron chi connectivity index (χ0n) is 21.8. The molecule has 0 saturated carbocycles. The smallest absolute Gasteiger partial charge is 0.396 e. The third kappa shape index (κ3) is 16.4. The highest BCUT2D eigenvalue weighted by Crippen LogP contribution is 2.42. The molecule has 2 atom stereocenters. The molecule has 0 amide bonds. The SMILES string of the molecule is CC(CO)(COCCOCC(C)(CO)COCC(F)(F)CC(F)(F)C(F)(F)F)COCCC(F)(F)CC(F)(F)F. The molecule has 242 valence electrons. The molecule has 0 radical (unpaired) electrons. The predicted octanol–water partition coefficient (Wildman–Crippen LogP) is 5.25. The lowest BCUT2D eigenvalue weighted by Crippen LogP contribution is -2.44. The number of rotatable bonds is 21. The average Bonchev–Trinajstić information content (AvgIpc) is 2.76. The first-order valence-corrected chi connectivity index (χ1v) is 11.7. The number of ether oxygens (including phenoxy) is 4. The number of aliphatic hydroxyl groups excluding tert-OH is 2. The molecule has 18 heteroatoms. The first kappa shape index (κ1) is 38.9. The summed E-state index contributed by atoms with van der Waals surface area (Å²) in [7, 11) is 0. The zero-order chi connectivity index (χ0) is 31.5. The highest BCUT2D eigenvalue weighted by Gasteiger charge is 2.61. The molecule has 0 aromatic carbocycles. The van der Waals surface area contributed by atoms with Crippen molar-refractivity contribution in [3.63, 3.8) is 0 Å². The molecule has 0 aromatic heterocycles. The van der Waals surface area contributed by atoms with Crippen LogP contribution in [-0.2, 0) is 18.9 Å². The topological polar surface area (TPSA) is 77.4 Å². The van der Waals surface area contributed by atoms with Gasteiger partial charge in [-0.1, -0.05) is 13.8 Å². The molecular formula is C22H34F12O6. The van der Waals surface area contributed by atoms with Crippen molar-refractivity contribution in [2.75, 3.05) is 66.1 Å². The van der Waals surface area contributed by atoms with Gasteiger partial charge in [0.1, 0.15) is 13.0 Å². The maximum absolute atomic E-state index is 13.5. The van der Waals surface area contributed by atoms with E-state index in [-0.39, 0.29) is 33.0 Å². The molecule has 0 fully saturated rings. The molecular weight excluding hydrogens is 588 g/mol. The van der Waals surface area contributed by atoms with E-state index in [2.05, 4.69) is 4.74 Å². The summed E-state index contributed by atoms with van der Waals surface area (Å²) in [6.07, 6.45) is -17.5. The van der Waals surface area contributed by atoms with Crippen LogP contribution in [0.4, 0.5) is 52.7 Å². The van der Waals surface area contributed by atoms with E-state index >= 15 is 0 Å². The quantitative estimate of drug-likeness (QED) is 0.135. The Kier molecular flexibility index (Phi) is 15.0. The second-order valence-electron chi connectivity index (χ2n) is 10.2. The van der Waals surface area contributed by atoms with Crippen molar-refractivity contribution >= 4 is 0 Å². The van der Waals surface area contributed by atoms with Gasteiger partial charge in [0.15, 0.2) is 0 Å². The summed E-state index contributed by atoms with van der Waals surface area (Å²) >= 11 is 0. The molecule has 40 heavy (non-hydrogen) atoms. The largest absolute Gasteiger partial charge is 0.453 e. The molecule has 0 rings (SSSR count). The van der Waals surface area contributed by atoms with Gasteiger partial charge in [-0.15, -0.1) is 0 Å². The average molecular weight is 622 g/mol. The minimum atomic E-state index is -6.16. The van der Waals surface area contributed by atoms with Gasteiger partial charge in [0.05, 0.1) is 65.9 Å². The first-order chi connectivity index (χ1) is 17.9. The van der Waals surface area contributed by atoms with Crippen molar-refractivity contribution in [2.45, 2.75) is 63.2 Å². The van der Waals surface area contributed by atoms with Crippen LogP contribution in [0.25, 0.3) is 0 Å². The van der Waals surface area contributed by atoms with Gasteiger partial charge >= 0.3 is 18.3 Å². The van der Waals surface area contributed by atoms with Crippen LogP contribution < -0.4 is 0 Å². The second kappa shape index (κ2) is 15.4. The molecule has 0 aliphatic rings. The third-order valence-corrected chi connectivity index (χ3v) is 5.22. The van der Waals surface area contributed by atoms with Crippen molar-refractivity contribution in [3.8, 4) is 0 Å². The lowest BCUT2D eigenvalue weighted by atomic mass is 9.94. The Balaban J connectivity index is 4.40. The number of alkyl halides is 12. The van der Waals surface area contributed by atoms with Crippen molar-refractivity contribution in [1.82, 2.24) is 0 Å². The number of halogens is 12. The second-order valence-corrected chi connectivity index (χ2v) is 10.2. The predicted molar refractivity (Wildman–Crippen MR) is 114 cm³/mol. The van der Waals surface area contributed by atoms with Gasteiger partial charge in [0.25, 0.3) is 11.8 Å². The van der Waals surface area contributed by atoms with E-state index in [1.807, 2.05) is 0 Å². The van der Waals surface area contributed by atoms with E-state index in [9.17, 15) is 62.9 Å². The lowest BCUT2D eigenvalue weighted by molar-refractivity contribution is -0.303. The molecule has 2 unspecified atom stereocenters. The lowest BCUT2D eigenvalue weighted by Gasteiger charge is -2.29. The van der Waals surface area contributed by atoms with Crippen LogP contribution in [0.1, 0.15) is 33.1 Å². The van der Waals surface area contributed by atoms with Crippen molar-refractivity contribution in [3.05, 3.63) is 0 Å². The number of hydrogen-bond acceptors (Lipinski definition) is 6. The Bertz CT molecular complexity index is 719. The summed E-state index contributed by atoms with van der Waals surface area (Å²) in [5.41, 5.74) is -2.45. The fraction of sp³-hybridized carbons (Fsp3) is 1.00. The summed E-state index contributed by atoms with van der Waals surface area (Å²) < 4.78 is 172. The molecule has 0 aromatic rings. The highest BCUT2D eigenvalue weighted by molar-refractivity contribution is 4.84. The summed E-state index contributed by atoms with van der Waals surface area (Å²) in [4.78, 5) is 0. The molecule has 0 aliphatic carbocycles. The third-order valence-electron chi connectivity index (χ3n) is 5.22. The van der Waals surface area contributed by atoms with E-state index in [0.717, 1.165) is 0 Å².